The van der Waals surface area contributed by atoms with Crippen molar-refractivity contribution >= 4 is 86.6 Å². The molecule has 1 N–H and O–H groups in total. The highest BCUT2D eigenvalue weighted by Crippen LogP contribution is 2.37. The Morgan fingerprint density at radius 2 is 1.11 bits per heavy atom. The van der Waals surface area contributed by atoms with Crippen LogP contribution in [0.15, 0.2) is 152 Å². The van der Waals surface area contributed by atoms with E-state index in [1.807, 2.05) is 92.0 Å². The molecule has 0 bridgehead atoms. The lowest BCUT2D eigenvalue weighted by Crippen LogP contribution is -2.21. The van der Waals surface area contributed by atoms with E-state index >= 15 is 0 Å². The Labute approximate surface area is 364 Å². The Kier molecular flexibility index (Phi) is 12.6. The Morgan fingerprint density at radius 3 is 1.61 bits per heavy atom. The minimum atomic E-state index is -0.386. The quantitative estimate of drug-likeness (QED) is 0.0805. The van der Waals surface area contributed by atoms with Crippen LogP contribution in [0.3, 0.4) is 0 Å². The summed E-state index contributed by atoms with van der Waals surface area (Å²) in [6.07, 6.45) is 9.23. The summed E-state index contributed by atoms with van der Waals surface area (Å²) in [5, 5.41) is 5.03. The van der Waals surface area contributed by atoms with Crippen molar-refractivity contribution in [3.8, 4) is 10.4 Å². The average molecular weight is 838 g/mol. The molecule has 3 aromatic heterocycles. The maximum absolute atomic E-state index is 13.0. The molecular weight excluding hydrogens is 791 g/mol. The smallest absolute Gasteiger partial charge is 0.343 e. The van der Waals surface area contributed by atoms with E-state index < -0.39 is 0 Å². The molecule has 3 heterocycles. The number of rotatable bonds is 15. The van der Waals surface area contributed by atoms with Crippen LogP contribution < -0.4 is 26.4 Å². The first-order valence-corrected chi connectivity index (χ1v) is 21.7. The van der Waals surface area contributed by atoms with Crippen LogP contribution in [-0.2, 0) is 0 Å². The maximum atomic E-state index is 13.0. The van der Waals surface area contributed by atoms with Gasteiger partial charge < -0.3 is 24.0 Å². The number of benzene rings is 5. The first-order valence-electron chi connectivity index (χ1n) is 20.9. The van der Waals surface area contributed by atoms with Crippen LogP contribution in [0.2, 0.25) is 0 Å². The van der Waals surface area contributed by atoms with Crippen molar-refractivity contribution in [2.75, 3.05) is 29.9 Å². The molecule has 0 saturated carbocycles. The predicted molar refractivity (Wildman–Crippen MR) is 258 cm³/mol. The van der Waals surface area contributed by atoms with Crippen molar-refractivity contribution in [1.29, 1.82) is 0 Å². The first kappa shape index (κ1) is 41.7. The van der Waals surface area contributed by atoms with Gasteiger partial charge in [0.2, 0.25) is 0 Å². The fourth-order valence-electron chi connectivity index (χ4n) is 7.74. The lowest BCUT2D eigenvalue weighted by molar-refractivity contribution is 0.112. The summed E-state index contributed by atoms with van der Waals surface area (Å²) in [6, 6.07) is 44.3. The highest BCUT2D eigenvalue weighted by atomic mass is 32.1. The lowest BCUT2D eigenvalue weighted by Gasteiger charge is -2.26. The van der Waals surface area contributed by atoms with Crippen LogP contribution >= 0.6 is 11.3 Å². The zero-order valence-electron chi connectivity index (χ0n) is 35.1. The number of anilines is 4. The van der Waals surface area contributed by atoms with Crippen LogP contribution in [0.1, 0.15) is 70.7 Å². The van der Waals surface area contributed by atoms with E-state index in [2.05, 4.69) is 96.6 Å². The molecule has 0 radical (unpaired) electrons. The highest BCUT2D eigenvalue weighted by Gasteiger charge is 2.15. The van der Waals surface area contributed by atoms with E-state index in [0.717, 1.165) is 86.4 Å². The van der Waals surface area contributed by atoms with Gasteiger partial charge in [0.05, 0.1) is 16.0 Å². The van der Waals surface area contributed by atoms with Crippen molar-refractivity contribution in [3.05, 3.63) is 187 Å². The number of carbonyl (C=O) groups excluding carboxylic acids is 1. The molecule has 1 unspecified atom stereocenters. The number of hydrogen-bond acceptors (Lipinski definition) is 9. The molecule has 0 aliphatic rings. The fourth-order valence-corrected chi connectivity index (χ4v) is 8.56. The van der Waals surface area contributed by atoms with Crippen molar-refractivity contribution in [3.63, 3.8) is 0 Å². The molecule has 8 rings (SSSR count). The Morgan fingerprint density at radius 1 is 0.597 bits per heavy atom. The zero-order valence-corrected chi connectivity index (χ0v) is 35.9. The summed E-state index contributed by atoms with van der Waals surface area (Å²) in [5.41, 5.74) is 9.12. The summed E-state index contributed by atoms with van der Waals surface area (Å²) >= 11 is 1.46. The van der Waals surface area contributed by atoms with Gasteiger partial charge in [0.1, 0.15) is 11.2 Å². The Balaban J connectivity index is 1.06. The third-order valence-corrected chi connectivity index (χ3v) is 12.2. The van der Waals surface area contributed by atoms with Gasteiger partial charge in [-0.25, -0.2) is 9.59 Å². The second-order valence-electron chi connectivity index (χ2n) is 15.0. The third-order valence-electron chi connectivity index (χ3n) is 11.2. The summed E-state index contributed by atoms with van der Waals surface area (Å²) in [6.45, 7) is 8.06. The second kappa shape index (κ2) is 18.7. The number of fused-ring (bicyclic) bond motifs is 2. The molecule has 62 heavy (non-hydrogen) atoms. The molecule has 0 aliphatic heterocycles. The van der Waals surface area contributed by atoms with Gasteiger partial charge in [0.15, 0.2) is 6.29 Å². The maximum Gasteiger partial charge on any atom is 0.343 e. The molecule has 9 heteroatoms. The van der Waals surface area contributed by atoms with E-state index in [-0.39, 0.29) is 17.3 Å². The number of carbonyl (C=O) groups is 1. The van der Waals surface area contributed by atoms with Crippen LogP contribution in [0.5, 0.6) is 0 Å². The van der Waals surface area contributed by atoms with Gasteiger partial charge in [-0.2, -0.15) is 0 Å². The zero-order chi connectivity index (χ0) is 43.2. The first-order chi connectivity index (χ1) is 30.3. The number of aldehydes is 1. The van der Waals surface area contributed by atoms with Crippen LogP contribution in [0, 0.1) is 0 Å². The summed E-state index contributed by atoms with van der Waals surface area (Å²) < 4.78 is 11.5. The van der Waals surface area contributed by atoms with Gasteiger partial charge >= 0.3 is 11.3 Å². The number of nitrogens with zero attached hydrogens (tertiary/aromatic N) is 2. The van der Waals surface area contributed by atoms with Gasteiger partial charge in [-0.15, -0.1) is 11.3 Å². The van der Waals surface area contributed by atoms with E-state index in [4.69, 9.17) is 8.83 Å². The molecule has 0 spiro atoms. The molecule has 310 valence electrons. The van der Waals surface area contributed by atoms with Crippen LogP contribution in [0.4, 0.5) is 22.7 Å². The second-order valence-corrected chi connectivity index (χ2v) is 16.1. The summed E-state index contributed by atoms with van der Waals surface area (Å²) in [7, 11) is 1.93. The van der Waals surface area contributed by atoms with E-state index in [1.165, 1.54) is 11.3 Å². The van der Waals surface area contributed by atoms with Crippen LogP contribution in [0.25, 0.3) is 56.7 Å². The van der Waals surface area contributed by atoms with E-state index in [1.54, 1.807) is 12.2 Å². The predicted octanol–water partition coefficient (Wildman–Crippen LogP) is 12.8. The molecular formula is C53H47N3O5S. The molecule has 1 atom stereocenters. The Hall–Kier alpha value is -7.07. The molecule has 0 fully saturated rings. The standard InChI is InChI=1S/C53H47N3O5S/c1-5-48(54-4)38-16-17-39-30-41(52(58)60-49(39)32-38)14-8-35-10-21-43(22-11-35)56(45-25-18-37(19-26-45)51-29-28-47(34-57)62-51)44-23-12-36(13-24-44)9-15-42-31-40-20-27-46(55(6-2)7-3)33-50(40)61-53(42)59/h8-34,48,54H,5-7H2,1-4H3. The fraction of sp³-hybridized carbons (Fsp3) is 0.151. The van der Waals surface area contributed by atoms with Gasteiger partial charge in [-0.3, -0.25) is 4.79 Å². The summed E-state index contributed by atoms with van der Waals surface area (Å²) in [4.78, 5) is 43.5. The largest absolute Gasteiger partial charge is 0.422 e. The number of hydrogen-bond donors (Lipinski definition) is 1. The molecule has 0 aliphatic carbocycles. The highest BCUT2D eigenvalue weighted by molar-refractivity contribution is 7.17. The normalized spacial score (nSPS) is 12.1. The van der Waals surface area contributed by atoms with Gasteiger partial charge in [-0.1, -0.05) is 67.6 Å². The van der Waals surface area contributed by atoms with Gasteiger partial charge in [-0.05, 0) is 141 Å². The molecule has 0 saturated heterocycles. The van der Waals surface area contributed by atoms with Gasteiger partial charge in [0, 0.05) is 63.6 Å². The van der Waals surface area contributed by atoms with Crippen LogP contribution in [-0.4, -0.2) is 26.4 Å². The van der Waals surface area contributed by atoms with Crippen molar-refractivity contribution in [2.24, 2.45) is 0 Å². The topological polar surface area (TPSA) is 96.0 Å². The third kappa shape index (κ3) is 9.00. The summed E-state index contributed by atoms with van der Waals surface area (Å²) in [5.74, 6) is 0. The molecule has 8 nitrogen and oxygen atoms in total. The van der Waals surface area contributed by atoms with Gasteiger partial charge in [0.25, 0.3) is 0 Å². The van der Waals surface area contributed by atoms with E-state index in [0.29, 0.717) is 27.2 Å². The minimum Gasteiger partial charge on any atom is -0.422 e. The lowest BCUT2D eigenvalue weighted by atomic mass is 10.0. The Bertz CT molecular complexity index is 2860. The minimum absolute atomic E-state index is 0.188. The molecule has 0 amide bonds. The van der Waals surface area contributed by atoms with E-state index in [9.17, 15) is 14.4 Å². The SMILES string of the molecule is CCC(NC)c1ccc2cc(C=Cc3ccc(N(c4ccc(C=Cc5cc6ccc(N(CC)CC)cc6oc5=O)cc4)c4ccc(-c5ccc(C=O)s5)cc4)cc3)c(=O)oc2c1. The molecule has 8 aromatic rings. The number of nitrogens with one attached hydrogen (secondary N) is 1. The van der Waals surface area contributed by atoms with Crippen molar-refractivity contribution < 1.29 is 13.6 Å². The average Bonchev–Trinajstić information content (AvgIpc) is 3.79. The number of thiophene rings is 1. The van der Waals surface area contributed by atoms with Crippen molar-refractivity contribution in [2.45, 2.75) is 33.2 Å². The monoisotopic (exact) mass is 837 g/mol. The molecule has 5 aromatic carbocycles. The van der Waals surface area contributed by atoms with Crippen molar-refractivity contribution in [1.82, 2.24) is 5.32 Å².